The van der Waals surface area contributed by atoms with Crippen molar-refractivity contribution in [3.63, 3.8) is 0 Å². The van der Waals surface area contributed by atoms with Crippen LogP contribution in [0.3, 0.4) is 0 Å². The molecule has 6 heteroatoms. The van der Waals surface area contributed by atoms with E-state index < -0.39 is 0 Å². The molecule has 182 valence electrons. The van der Waals surface area contributed by atoms with Crippen molar-refractivity contribution in [3.8, 4) is 0 Å². The molecule has 37 heavy (non-hydrogen) atoms. The van der Waals surface area contributed by atoms with Crippen LogP contribution in [0, 0.1) is 0 Å². The number of para-hydroxylation sites is 2. The predicted octanol–water partition coefficient (Wildman–Crippen LogP) is 8.96. The highest BCUT2D eigenvalue weighted by Gasteiger charge is 2.23. The number of fused-ring (bicyclic) bond motifs is 1. The van der Waals surface area contributed by atoms with Gasteiger partial charge in [-0.25, -0.2) is 10.0 Å². The topological polar surface area (TPSA) is 40.0 Å². The Morgan fingerprint density at radius 1 is 0.892 bits per heavy atom. The van der Waals surface area contributed by atoms with Crippen molar-refractivity contribution < 1.29 is 0 Å². The van der Waals surface area contributed by atoms with Gasteiger partial charge in [0.1, 0.15) is 5.84 Å². The molecule has 0 saturated heterocycles. The minimum atomic E-state index is 0.204. The van der Waals surface area contributed by atoms with Gasteiger partial charge in [-0.2, -0.15) is 5.10 Å². The van der Waals surface area contributed by atoms with E-state index in [-0.39, 0.29) is 5.25 Å². The summed E-state index contributed by atoms with van der Waals surface area (Å²) >= 11 is 8.32. The Morgan fingerprint density at radius 2 is 1.62 bits per heavy atom. The van der Waals surface area contributed by atoms with E-state index in [1.807, 2.05) is 48.0 Å². The van der Waals surface area contributed by atoms with E-state index >= 15 is 0 Å². The highest BCUT2D eigenvalue weighted by molar-refractivity contribution is 7.99. The van der Waals surface area contributed by atoms with Crippen LogP contribution >= 0.6 is 23.4 Å². The monoisotopic (exact) mass is 520 g/mol. The predicted molar refractivity (Wildman–Crippen MR) is 158 cm³/mol. The molecule has 4 nitrogen and oxygen atoms in total. The van der Waals surface area contributed by atoms with Crippen molar-refractivity contribution in [1.29, 1.82) is 0 Å². The molecule has 0 fully saturated rings. The molecule has 0 bridgehead atoms. The number of thioether (sulfide) groups is 1. The second-order valence-corrected chi connectivity index (χ2v) is 10.6. The number of nitrogens with zero attached hydrogens (tertiary/aromatic N) is 3. The van der Waals surface area contributed by atoms with E-state index in [4.69, 9.17) is 16.6 Å². The molecule has 0 aromatic heterocycles. The summed E-state index contributed by atoms with van der Waals surface area (Å²) in [4.78, 5) is 6.17. The molecule has 2 aliphatic rings. The largest absolute Gasteiger partial charge is 0.354 e. The third-order valence-electron chi connectivity index (χ3n) is 6.30. The van der Waals surface area contributed by atoms with E-state index in [9.17, 15) is 0 Å². The average Bonchev–Trinajstić information content (AvgIpc) is 3.17. The Morgan fingerprint density at radius 3 is 2.43 bits per heavy atom. The number of hydrogen-bond acceptors (Lipinski definition) is 4. The highest BCUT2D eigenvalue weighted by atomic mass is 35.5. The van der Waals surface area contributed by atoms with Crippen LogP contribution in [0.4, 0.5) is 17.1 Å². The number of amidine groups is 1. The van der Waals surface area contributed by atoms with Crippen LogP contribution in [-0.4, -0.2) is 11.5 Å². The Kier molecular flexibility index (Phi) is 6.56. The molecule has 1 unspecified atom stereocenters. The van der Waals surface area contributed by atoms with Crippen LogP contribution in [0.5, 0.6) is 0 Å². The minimum Gasteiger partial charge on any atom is -0.354 e. The Bertz CT molecular complexity index is 1530. The zero-order chi connectivity index (χ0) is 25.2. The van der Waals surface area contributed by atoms with Gasteiger partial charge in [-0.3, -0.25) is 0 Å². The molecule has 4 aromatic carbocycles. The maximum Gasteiger partial charge on any atom is 0.136 e. The van der Waals surface area contributed by atoms with Crippen molar-refractivity contribution in [2.75, 3.05) is 10.3 Å². The molecule has 0 aliphatic carbocycles. The van der Waals surface area contributed by atoms with Gasteiger partial charge in [0.25, 0.3) is 0 Å². The van der Waals surface area contributed by atoms with Crippen LogP contribution in [-0.2, 0) is 0 Å². The first-order valence-corrected chi connectivity index (χ1v) is 13.5. The molecule has 1 atom stereocenters. The molecule has 0 amide bonds. The summed E-state index contributed by atoms with van der Waals surface area (Å²) in [6.45, 7) is 2.01. The van der Waals surface area contributed by atoms with Crippen LogP contribution in [0.2, 0.25) is 5.02 Å². The van der Waals surface area contributed by atoms with Gasteiger partial charge in [0.05, 0.1) is 27.3 Å². The molecule has 4 aromatic rings. The lowest BCUT2D eigenvalue weighted by Crippen LogP contribution is -2.20. The summed E-state index contributed by atoms with van der Waals surface area (Å²) in [7, 11) is 0. The van der Waals surface area contributed by atoms with Crippen molar-refractivity contribution in [3.05, 3.63) is 125 Å². The summed E-state index contributed by atoms with van der Waals surface area (Å²) in [6, 6.07) is 35.2. The third kappa shape index (κ3) is 5.06. The normalized spacial score (nSPS) is 18.1. The fourth-order valence-corrected chi connectivity index (χ4v) is 5.88. The van der Waals surface area contributed by atoms with Crippen molar-refractivity contribution in [1.82, 2.24) is 0 Å². The summed E-state index contributed by atoms with van der Waals surface area (Å²) in [6.07, 6.45) is 3.00. The van der Waals surface area contributed by atoms with Crippen molar-refractivity contribution in [2.45, 2.75) is 23.5 Å². The van der Waals surface area contributed by atoms with Crippen molar-refractivity contribution in [2.24, 2.45) is 10.1 Å². The molecule has 2 aliphatic heterocycles. The van der Waals surface area contributed by atoms with E-state index in [0.29, 0.717) is 11.4 Å². The Hall–Kier alpha value is -3.80. The fourth-order valence-electron chi connectivity index (χ4n) is 4.49. The van der Waals surface area contributed by atoms with Crippen LogP contribution in [0.25, 0.3) is 5.70 Å². The highest BCUT2D eigenvalue weighted by Crippen LogP contribution is 2.44. The summed E-state index contributed by atoms with van der Waals surface area (Å²) in [5.74, 6) is 0.861. The number of nitrogens with one attached hydrogen (secondary N) is 1. The number of halogens is 1. The van der Waals surface area contributed by atoms with Gasteiger partial charge in [-0.05, 0) is 60.5 Å². The smallest absolute Gasteiger partial charge is 0.136 e. The number of hydrogen-bond donors (Lipinski definition) is 1. The van der Waals surface area contributed by atoms with Gasteiger partial charge in [0.2, 0.25) is 0 Å². The zero-order valence-corrected chi connectivity index (χ0v) is 21.9. The summed E-state index contributed by atoms with van der Waals surface area (Å²) in [5, 5.41) is 11.0. The standard InChI is InChI=1S/C31H25ClN4S/c1-21-19-31(36(35-21)28-13-7-5-11-25(28)32)33-24-17-15-22(16-18-24)27-20-30(23-9-3-2-4-10-23)37-29-14-8-6-12-26(29)34-27/h2-18,20,30,34H,19H2,1H3. The minimum absolute atomic E-state index is 0.204. The lowest BCUT2D eigenvalue weighted by atomic mass is 10.1. The fraction of sp³-hybridized carbons (Fsp3) is 0.0968. The number of aliphatic imine (C=N–C) groups is 1. The molecule has 6 rings (SSSR count). The molecule has 0 saturated carbocycles. The average molecular weight is 521 g/mol. The number of hydrazone groups is 1. The number of benzene rings is 4. The van der Waals surface area contributed by atoms with Gasteiger partial charge < -0.3 is 5.32 Å². The molecule has 1 N–H and O–H groups in total. The second kappa shape index (κ2) is 10.3. The lowest BCUT2D eigenvalue weighted by molar-refractivity contribution is 1.15. The zero-order valence-electron chi connectivity index (χ0n) is 20.3. The molecular weight excluding hydrogens is 496 g/mol. The second-order valence-electron chi connectivity index (χ2n) is 9.00. The molecule has 2 heterocycles. The molecule has 0 radical (unpaired) electrons. The SMILES string of the molecule is CC1=NN(c2ccccc2Cl)C(=Nc2ccc(C3=CC(c4ccccc4)Sc4ccccc4N3)cc2)C1. The van der Waals surface area contributed by atoms with Crippen molar-refractivity contribution >= 4 is 57.7 Å². The lowest BCUT2D eigenvalue weighted by Gasteiger charge is -2.17. The van der Waals surface area contributed by atoms with E-state index in [0.717, 1.165) is 39.9 Å². The molecular formula is C31H25ClN4S. The summed E-state index contributed by atoms with van der Waals surface area (Å²) in [5.41, 5.74) is 7.33. The van der Waals surface area contributed by atoms with Gasteiger partial charge in [-0.15, -0.1) is 11.8 Å². The Labute approximate surface area is 226 Å². The van der Waals surface area contributed by atoms with Gasteiger partial charge in [0.15, 0.2) is 0 Å². The first-order valence-electron chi connectivity index (χ1n) is 12.2. The van der Waals surface area contributed by atoms with E-state index in [2.05, 4.69) is 95.4 Å². The van der Waals surface area contributed by atoms with Crippen LogP contribution in [0.1, 0.15) is 29.7 Å². The summed E-state index contributed by atoms with van der Waals surface area (Å²) < 4.78 is 0. The van der Waals surface area contributed by atoms with Crippen LogP contribution < -0.4 is 10.3 Å². The Balaban J connectivity index is 1.32. The first-order chi connectivity index (χ1) is 18.1. The van der Waals surface area contributed by atoms with Crippen LogP contribution in [0.15, 0.2) is 124 Å². The van der Waals surface area contributed by atoms with Gasteiger partial charge in [-0.1, -0.05) is 78.3 Å². The number of anilines is 2. The maximum absolute atomic E-state index is 6.45. The van der Waals surface area contributed by atoms with Gasteiger partial charge in [0, 0.05) is 22.7 Å². The van der Waals surface area contributed by atoms with E-state index in [1.54, 1.807) is 0 Å². The number of rotatable bonds is 4. The third-order valence-corrected chi connectivity index (χ3v) is 7.89. The van der Waals surface area contributed by atoms with E-state index in [1.165, 1.54) is 10.5 Å². The first kappa shape index (κ1) is 23.6. The van der Waals surface area contributed by atoms with Gasteiger partial charge >= 0.3 is 0 Å². The quantitative estimate of drug-likeness (QED) is 0.292. The maximum atomic E-state index is 6.45. The molecule has 0 spiro atoms.